The lowest BCUT2D eigenvalue weighted by Crippen LogP contribution is -2.42. The fraction of sp³-hybridized carbons (Fsp3) is 0.414. The number of sulfonamides is 1. The summed E-state index contributed by atoms with van der Waals surface area (Å²) in [6.45, 7) is -0.453. The van der Waals surface area contributed by atoms with E-state index in [9.17, 15) is 18.3 Å². The summed E-state index contributed by atoms with van der Waals surface area (Å²) in [5.74, 6) is 2.87. The first kappa shape index (κ1) is 28.6. The molecule has 208 valence electrons. The predicted octanol–water partition coefficient (Wildman–Crippen LogP) is 2.76. The number of aliphatic hydroxyl groups excluding tert-OH is 1. The molecule has 1 aliphatic carbocycles. The van der Waals surface area contributed by atoms with Crippen molar-refractivity contribution in [1.82, 2.24) is 9.62 Å². The van der Waals surface area contributed by atoms with Gasteiger partial charge in [0.05, 0.1) is 25.2 Å². The molecule has 0 bridgehead atoms. The third kappa shape index (κ3) is 7.19. The van der Waals surface area contributed by atoms with Gasteiger partial charge in [-0.05, 0) is 67.3 Å². The van der Waals surface area contributed by atoms with Gasteiger partial charge >= 0.3 is 0 Å². The van der Waals surface area contributed by atoms with Crippen LogP contribution in [0.25, 0.3) is 0 Å². The van der Waals surface area contributed by atoms with Crippen LogP contribution in [0.4, 0.5) is 0 Å². The molecule has 0 spiro atoms. The van der Waals surface area contributed by atoms with Gasteiger partial charge < -0.3 is 24.6 Å². The zero-order chi connectivity index (χ0) is 27.8. The molecular weight excluding hydrogens is 520 g/mol. The van der Waals surface area contributed by atoms with E-state index in [0.717, 1.165) is 34.7 Å². The first-order valence-electron chi connectivity index (χ1n) is 13.0. The third-order valence-electron chi connectivity index (χ3n) is 6.92. The zero-order valence-corrected chi connectivity index (χ0v) is 22.7. The van der Waals surface area contributed by atoms with Gasteiger partial charge in [-0.15, -0.1) is 6.42 Å². The third-order valence-corrected chi connectivity index (χ3v) is 8.83. The molecule has 4 rings (SSSR count). The summed E-state index contributed by atoms with van der Waals surface area (Å²) in [5.41, 5.74) is 1.72. The lowest BCUT2D eigenvalue weighted by atomic mass is 9.91. The van der Waals surface area contributed by atoms with E-state index in [2.05, 4.69) is 11.2 Å². The lowest BCUT2D eigenvalue weighted by Gasteiger charge is -2.32. The Morgan fingerprint density at radius 1 is 1.15 bits per heavy atom. The van der Waals surface area contributed by atoms with Crippen molar-refractivity contribution in [3.8, 4) is 18.1 Å². The summed E-state index contributed by atoms with van der Waals surface area (Å²) >= 11 is 0. The Hall–Kier alpha value is -3.36. The fourth-order valence-electron chi connectivity index (χ4n) is 4.43. The number of allylic oxidation sites excluding steroid dienone is 1. The van der Waals surface area contributed by atoms with E-state index in [1.807, 2.05) is 24.3 Å². The first-order valence-corrected chi connectivity index (χ1v) is 14.4. The summed E-state index contributed by atoms with van der Waals surface area (Å²) in [6, 6.07) is 13.7. The van der Waals surface area contributed by atoms with E-state index in [0.29, 0.717) is 12.2 Å². The number of terminal acetylenes is 1. The van der Waals surface area contributed by atoms with Gasteiger partial charge in [0, 0.05) is 37.0 Å². The number of amides is 1. The molecule has 2 aromatic carbocycles. The molecule has 1 aliphatic heterocycles. The van der Waals surface area contributed by atoms with Crippen molar-refractivity contribution in [3.63, 3.8) is 0 Å². The van der Waals surface area contributed by atoms with Crippen molar-refractivity contribution in [2.45, 2.75) is 48.8 Å². The topological polar surface area (TPSA) is 114 Å². The van der Waals surface area contributed by atoms with Gasteiger partial charge in [0.1, 0.15) is 5.75 Å². The second-order valence-corrected chi connectivity index (χ2v) is 11.4. The molecule has 9 nitrogen and oxygen atoms in total. The Bertz CT molecular complexity index is 1300. The van der Waals surface area contributed by atoms with E-state index in [1.54, 1.807) is 18.2 Å². The number of benzene rings is 2. The van der Waals surface area contributed by atoms with E-state index >= 15 is 0 Å². The molecule has 2 atom stereocenters. The normalized spacial score (nSPS) is 19.4. The number of rotatable bonds is 12. The smallest absolute Gasteiger partial charge is 0.286 e. The van der Waals surface area contributed by atoms with Gasteiger partial charge in [-0.1, -0.05) is 18.1 Å². The average molecular weight is 555 g/mol. The van der Waals surface area contributed by atoms with Crippen LogP contribution >= 0.6 is 0 Å². The van der Waals surface area contributed by atoms with Crippen LogP contribution in [0, 0.1) is 12.3 Å². The molecule has 2 aliphatic rings. The van der Waals surface area contributed by atoms with Crippen molar-refractivity contribution >= 4 is 15.9 Å². The number of methoxy groups -OCH3 is 1. The molecule has 0 unspecified atom stereocenters. The van der Waals surface area contributed by atoms with Gasteiger partial charge in [0.15, 0.2) is 5.76 Å². The number of carbonyl (C=O) groups excluding carboxylic acids is 1. The van der Waals surface area contributed by atoms with E-state index < -0.39 is 16.3 Å². The minimum Gasteiger partial charge on any atom is -0.497 e. The Balaban J connectivity index is 1.44. The van der Waals surface area contributed by atoms with Crippen LogP contribution in [-0.2, 0) is 24.3 Å². The maximum atomic E-state index is 13.2. The number of aliphatic hydroxyl groups is 1. The highest BCUT2D eigenvalue weighted by Gasteiger charge is 2.31. The van der Waals surface area contributed by atoms with Crippen LogP contribution in [0.3, 0.4) is 0 Å². The number of ether oxygens (including phenoxy) is 3. The molecule has 1 amide bonds. The van der Waals surface area contributed by atoms with Crippen LogP contribution < -0.4 is 10.1 Å². The molecule has 10 heteroatoms. The van der Waals surface area contributed by atoms with E-state index in [4.69, 9.17) is 20.6 Å². The summed E-state index contributed by atoms with van der Waals surface area (Å²) in [7, 11) is -2.38. The van der Waals surface area contributed by atoms with Crippen molar-refractivity contribution < 1.29 is 32.5 Å². The minimum atomic E-state index is -3.88. The summed E-state index contributed by atoms with van der Waals surface area (Å²) < 4.78 is 44.5. The number of hydrogen-bond donors (Lipinski definition) is 2. The number of hydrogen-bond acceptors (Lipinski definition) is 7. The molecule has 0 radical (unpaired) electrons. The van der Waals surface area contributed by atoms with Crippen LogP contribution in [0.2, 0.25) is 0 Å². The van der Waals surface area contributed by atoms with Gasteiger partial charge in [-0.2, -0.15) is 4.31 Å². The zero-order valence-electron chi connectivity index (χ0n) is 21.9. The highest BCUT2D eigenvalue weighted by atomic mass is 32.2. The highest BCUT2D eigenvalue weighted by molar-refractivity contribution is 7.89. The SMILES string of the molecule is C#Cc1ccc([C@@H]2C=C(C(=O)NC3CCC3)O[C@H](OCCN(CCO)S(=O)(=O)c3ccc(OC)cc3)C2)cc1. The minimum absolute atomic E-state index is 0.000324. The summed E-state index contributed by atoms with van der Waals surface area (Å²) in [5, 5.41) is 12.5. The second-order valence-electron chi connectivity index (χ2n) is 9.46. The maximum Gasteiger partial charge on any atom is 0.286 e. The Labute approximate surface area is 229 Å². The van der Waals surface area contributed by atoms with Crippen LogP contribution in [-0.4, -0.2) is 69.5 Å². The van der Waals surface area contributed by atoms with Crippen LogP contribution in [0.5, 0.6) is 5.75 Å². The second kappa shape index (κ2) is 13.1. The first-order chi connectivity index (χ1) is 18.8. The van der Waals surface area contributed by atoms with E-state index in [-0.39, 0.29) is 54.8 Å². The molecule has 2 N–H and O–H groups in total. The maximum absolute atomic E-state index is 13.2. The number of carbonyl (C=O) groups is 1. The number of nitrogens with zero attached hydrogens (tertiary/aromatic N) is 1. The van der Waals surface area contributed by atoms with Crippen molar-refractivity contribution in [1.29, 1.82) is 0 Å². The van der Waals surface area contributed by atoms with Gasteiger partial charge in [0.2, 0.25) is 16.3 Å². The molecular formula is C29H34N2O7S. The predicted molar refractivity (Wildman–Crippen MR) is 145 cm³/mol. The molecule has 0 saturated heterocycles. The standard InChI is InChI=1S/C29H34N2O7S/c1-3-21-7-9-22(10-8-21)23-19-27(29(33)30-24-5-4-6-24)38-28(20-23)37-18-16-31(15-17-32)39(34,35)26-13-11-25(36-2)12-14-26/h1,7-14,19,23-24,28,32H,4-6,15-18,20H2,2H3,(H,30,33)/t23-,28+/m1/s1. The van der Waals surface area contributed by atoms with Crippen molar-refractivity contribution in [2.75, 3.05) is 33.4 Å². The van der Waals surface area contributed by atoms with Crippen molar-refractivity contribution in [2.24, 2.45) is 0 Å². The Kier molecular flexibility index (Phi) is 9.64. The van der Waals surface area contributed by atoms with Crippen molar-refractivity contribution in [3.05, 3.63) is 71.5 Å². The molecule has 1 saturated carbocycles. The molecule has 1 fully saturated rings. The average Bonchev–Trinajstić information content (AvgIpc) is 2.94. The molecule has 1 heterocycles. The highest BCUT2D eigenvalue weighted by Crippen LogP contribution is 2.32. The summed E-state index contributed by atoms with van der Waals surface area (Å²) in [4.78, 5) is 13.0. The van der Waals surface area contributed by atoms with Gasteiger partial charge in [-0.25, -0.2) is 8.42 Å². The monoisotopic (exact) mass is 554 g/mol. The van der Waals surface area contributed by atoms with Crippen LogP contribution in [0.1, 0.15) is 42.7 Å². The fourth-order valence-corrected chi connectivity index (χ4v) is 5.85. The Morgan fingerprint density at radius 3 is 2.46 bits per heavy atom. The van der Waals surface area contributed by atoms with Crippen LogP contribution in [0.15, 0.2) is 65.3 Å². The van der Waals surface area contributed by atoms with E-state index in [1.165, 1.54) is 19.2 Å². The quantitative estimate of drug-likeness (QED) is 0.388. The van der Waals surface area contributed by atoms with Gasteiger partial charge in [-0.3, -0.25) is 4.79 Å². The number of nitrogens with one attached hydrogen (secondary N) is 1. The lowest BCUT2D eigenvalue weighted by molar-refractivity contribution is -0.147. The molecule has 39 heavy (non-hydrogen) atoms. The van der Waals surface area contributed by atoms with Gasteiger partial charge in [0.25, 0.3) is 5.91 Å². The molecule has 2 aromatic rings. The molecule has 0 aromatic heterocycles. The Morgan fingerprint density at radius 2 is 1.87 bits per heavy atom. The largest absolute Gasteiger partial charge is 0.497 e. The summed E-state index contributed by atoms with van der Waals surface area (Å²) in [6.07, 6.45) is 9.92.